The number of piperazine rings is 1. The molecule has 3 aromatic rings. The summed E-state index contributed by atoms with van der Waals surface area (Å²) in [5.41, 5.74) is 2.20. The minimum atomic E-state index is 0.0785. The Morgan fingerprint density at radius 3 is 2.64 bits per heavy atom. The van der Waals surface area contributed by atoms with Crippen LogP contribution < -0.4 is 5.32 Å². The van der Waals surface area contributed by atoms with Crippen LogP contribution in [0.15, 0.2) is 36.7 Å². The molecule has 0 saturated carbocycles. The predicted molar refractivity (Wildman–Crippen MR) is 94.8 cm³/mol. The van der Waals surface area contributed by atoms with Gasteiger partial charge in [-0.15, -0.1) is 0 Å². The molecule has 0 aliphatic carbocycles. The number of aromatic amines is 1. The van der Waals surface area contributed by atoms with Gasteiger partial charge in [-0.25, -0.2) is 4.98 Å². The van der Waals surface area contributed by atoms with Crippen molar-refractivity contribution < 1.29 is 4.79 Å². The van der Waals surface area contributed by atoms with E-state index in [0.717, 1.165) is 37.3 Å². The van der Waals surface area contributed by atoms with Crippen molar-refractivity contribution in [2.24, 2.45) is 0 Å². The van der Waals surface area contributed by atoms with Gasteiger partial charge in [0.05, 0.1) is 11.6 Å². The molecule has 1 fully saturated rings. The number of fused-ring (bicyclic) bond motifs is 1. The number of likely N-dealkylation sites (N-methyl/N-ethyl adjacent to an activating group) is 1. The maximum atomic E-state index is 12.5. The van der Waals surface area contributed by atoms with E-state index in [1.54, 1.807) is 12.4 Å². The lowest BCUT2D eigenvalue weighted by atomic mass is 10.1. The third-order valence-corrected chi connectivity index (χ3v) is 4.37. The van der Waals surface area contributed by atoms with Crippen LogP contribution in [0.25, 0.3) is 11.0 Å². The van der Waals surface area contributed by atoms with Crippen molar-refractivity contribution in [3.63, 3.8) is 0 Å². The maximum absolute atomic E-state index is 12.5. The number of carbonyl (C=O) groups is 1. The number of hydrogen-bond donors (Lipinski definition) is 2. The van der Waals surface area contributed by atoms with Gasteiger partial charge in [0.1, 0.15) is 0 Å². The van der Waals surface area contributed by atoms with Gasteiger partial charge in [-0.1, -0.05) is 0 Å². The Hall–Kier alpha value is -3.00. The zero-order valence-corrected chi connectivity index (χ0v) is 13.9. The molecule has 25 heavy (non-hydrogen) atoms. The lowest BCUT2D eigenvalue weighted by Gasteiger charge is -2.32. The molecule has 2 aromatic heterocycles. The van der Waals surface area contributed by atoms with E-state index < -0.39 is 0 Å². The highest BCUT2D eigenvalue weighted by atomic mass is 16.2. The summed E-state index contributed by atoms with van der Waals surface area (Å²) >= 11 is 0. The summed E-state index contributed by atoms with van der Waals surface area (Å²) in [5, 5.41) is 10.7. The molecule has 2 N–H and O–H groups in total. The zero-order chi connectivity index (χ0) is 17.2. The summed E-state index contributed by atoms with van der Waals surface area (Å²) in [4.78, 5) is 25.3. The van der Waals surface area contributed by atoms with Crippen LogP contribution in [0.3, 0.4) is 0 Å². The number of H-pyrrole nitrogens is 1. The Balaban J connectivity index is 1.45. The molecule has 128 valence electrons. The average molecular weight is 337 g/mol. The number of aromatic nitrogens is 4. The first-order valence-corrected chi connectivity index (χ1v) is 8.20. The fourth-order valence-electron chi connectivity index (χ4n) is 2.82. The topological polar surface area (TPSA) is 90.0 Å². The summed E-state index contributed by atoms with van der Waals surface area (Å²) in [6.07, 6.45) is 3.39. The van der Waals surface area contributed by atoms with Crippen molar-refractivity contribution in [1.82, 2.24) is 30.0 Å². The number of nitrogens with zero attached hydrogens (tertiary/aromatic N) is 5. The fraction of sp³-hybridized carbons (Fsp3) is 0.294. The lowest BCUT2D eigenvalue weighted by Crippen LogP contribution is -2.47. The normalized spacial score (nSPS) is 15.5. The van der Waals surface area contributed by atoms with Gasteiger partial charge < -0.3 is 15.1 Å². The van der Waals surface area contributed by atoms with Crippen molar-refractivity contribution in [3.05, 3.63) is 42.2 Å². The van der Waals surface area contributed by atoms with Gasteiger partial charge in [-0.2, -0.15) is 10.1 Å². The molecule has 0 spiro atoms. The largest absolute Gasteiger partial charge is 0.336 e. The molecule has 1 aliphatic rings. The minimum absolute atomic E-state index is 0.0785. The summed E-state index contributed by atoms with van der Waals surface area (Å²) in [6.45, 7) is 3.37. The Kier molecular flexibility index (Phi) is 4.02. The number of nitrogens with one attached hydrogen (secondary N) is 2. The first-order chi connectivity index (χ1) is 12.2. The molecule has 8 heteroatoms. The van der Waals surface area contributed by atoms with Crippen molar-refractivity contribution >= 4 is 28.6 Å². The van der Waals surface area contributed by atoms with Crippen molar-refractivity contribution in [3.8, 4) is 0 Å². The molecule has 4 rings (SSSR count). The van der Waals surface area contributed by atoms with E-state index in [4.69, 9.17) is 0 Å². The van der Waals surface area contributed by atoms with E-state index >= 15 is 0 Å². The lowest BCUT2D eigenvalue weighted by molar-refractivity contribution is 0.0664. The van der Waals surface area contributed by atoms with Gasteiger partial charge in [0.25, 0.3) is 5.91 Å². The van der Waals surface area contributed by atoms with Crippen molar-refractivity contribution in [1.29, 1.82) is 0 Å². The second-order valence-electron chi connectivity index (χ2n) is 6.17. The Morgan fingerprint density at radius 1 is 1.12 bits per heavy atom. The number of carbonyl (C=O) groups excluding carboxylic acids is 1. The molecule has 0 bridgehead atoms. The summed E-state index contributed by atoms with van der Waals surface area (Å²) < 4.78 is 0. The summed E-state index contributed by atoms with van der Waals surface area (Å²) in [6, 6.07) is 7.39. The summed E-state index contributed by atoms with van der Waals surface area (Å²) in [5.74, 6) is 0.560. The SMILES string of the molecule is CN1CCN(C(=O)c2ccc(Nc3ncc4cn[nH]c4n3)cc2)CC1. The first-order valence-electron chi connectivity index (χ1n) is 8.20. The zero-order valence-electron chi connectivity index (χ0n) is 13.9. The van der Waals surface area contributed by atoms with Gasteiger partial charge in [0, 0.05) is 43.6 Å². The smallest absolute Gasteiger partial charge is 0.253 e. The monoisotopic (exact) mass is 337 g/mol. The van der Waals surface area contributed by atoms with Crippen LogP contribution in [-0.4, -0.2) is 69.1 Å². The van der Waals surface area contributed by atoms with Crippen LogP contribution in [0.1, 0.15) is 10.4 Å². The average Bonchev–Trinajstić information content (AvgIpc) is 3.10. The Morgan fingerprint density at radius 2 is 1.88 bits per heavy atom. The van der Waals surface area contributed by atoms with E-state index in [1.807, 2.05) is 29.2 Å². The fourth-order valence-corrected chi connectivity index (χ4v) is 2.82. The minimum Gasteiger partial charge on any atom is -0.336 e. The Labute approximate surface area is 144 Å². The maximum Gasteiger partial charge on any atom is 0.253 e. The van der Waals surface area contributed by atoms with E-state index in [-0.39, 0.29) is 5.91 Å². The van der Waals surface area contributed by atoms with Gasteiger partial charge in [0.15, 0.2) is 5.65 Å². The third-order valence-electron chi connectivity index (χ3n) is 4.37. The third kappa shape index (κ3) is 3.29. The van der Waals surface area contributed by atoms with E-state index in [9.17, 15) is 4.79 Å². The highest BCUT2D eigenvalue weighted by molar-refractivity contribution is 5.94. The number of amides is 1. The quantitative estimate of drug-likeness (QED) is 0.752. The van der Waals surface area contributed by atoms with Crippen LogP contribution in [0.4, 0.5) is 11.6 Å². The van der Waals surface area contributed by atoms with Crippen LogP contribution >= 0.6 is 0 Å². The van der Waals surface area contributed by atoms with E-state index in [0.29, 0.717) is 17.2 Å². The molecule has 3 heterocycles. The number of hydrogen-bond acceptors (Lipinski definition) is 6. The number of rotatable bonds is 3. The molecule has 1 aliphatic heterocycles. The number of anilines is 2. The molecule has 8 nitrogen and oxygen atoms in total. The molecule has 1 saturated heterocycles. The van der Waals surface area contributed by atoms with Gasteiger partial charge in [0.2, 0.25) is 5.95 Å². The van der Waals surface area contributed by atoms with Gasteiger partial charge >= 0.3 is 0 Å². The van der Waals surface area contributed by atoms with Crippen LogP contribution in [0, 0.1) is 0 Å². The van der Waals surface area contributed by atoms with Crippen molar-refractivity contribution in [2.45, 2.75) is 0 Å². The second kappa shape index (κ2) is 6.48. The van der Waals surface area contributed by atoms with Crippen LogP contribution in [-0.2, 0) is 0 Å². The molecule has 0 unspecified atom stereocenters. The molecule has 1 aromatic carbocycles. The van der Waals surface area contributed by atoms with E-state index in [1.165, 1.54) is 0 Å². The molecule has 1 amide bonds. The highest BCUT2D eigenvalue weighted by Crippen LogP contribution is 2.17. The van der Waals surface area contributed by atoms with Gasteiger partial charge in [-0.05, 0) is 31.3 Å². The molecular formula is C17H19N7O. The van der Waals surface area contributed by atoms with Gasteiger partial charge in [-0.3, -0.25) is 9.89 Å². The molecule has 0 atom stereocenters. The number of benzene rings is 1. The van der Waals surface area contributed by atoms with E-state index in [2.05, 4.69) is 37.4 Å². The van der Waals surface area contributed by atoms with Crippen LogP contribution in [0.5, 0.6) is 0 Å². The van der Waals surface area contributed by atoms with Crippen molar-refractivity contribution in [2.75, 3.05) is 38.5 Å². The molecule has 0 radical (unpaired) electrons. The molecular weight excluding hydrogens is 318 g/mol. The summed E-state index contributed by atoms with van der Waals surface area (Å²) in [7, 11) is 2.07. The first kappa shape index (κ1) is 15.5. The van der Waals surface area contributed by atoms with Crippen LogP contribution in [0.2, 0.25) is 0 Å². The predicted octanol–water partition coefficient (Wildman–Crippen LogP) is 1.48. The second-order valence-corrected chi connectivity index (χ2v) is 6.17. The standard InChI is InChI=1S/C17H19N7O/c1-23-6-8-24(9-7-23)16(25)12-2-4-14(5-3-12)20-17-18-10-13-11-19-22-15(13)21-17/h2-5,10-11H,6-9H2,1H3,(H2,18,19,20,21,22). The highest BCUT2D eigenvalue weighted by Gasteiger charge is 2.20. The Bertz CT molecular complexity index is 881.